The zero-order valence-electron chi connectivity index (χ0n) is 14.4. The summed E-state index contributed by atoms with van der Waals surface area (Å²) < 4.78 is 1.87. The zero-order chi connectivity index (χ0) is 18.5. The highest BCUT2D eigenvalue weighted by molar-refractivity contribution is 7.99. The highest BCUT2D eigenvalue weighted by Gasteiger charge is 2.14. The molecule has 0 aliphatic carbocycles. The zero-order valence-corrected chi connectivity index (χ0v) is 16.0. The van der Waals surface area contributed by atoms with Gasteiger partial charge in [0.2, 0.25) is 5.91 Å². The van der Waals surface area contributed by atoms with Crippen LogP contribution in [0.5, 0.6) is 0 Å². The van der Waals surface area contributed by atoms with Crippen LogP contribution in [0.4, 0.5) is 0 Å². The number of nitrogens with one attached hydrogen (secondary N) is 1. The molecule has 3 aromatic rings. The van der Waals surface area contributed by atoms with Gasteiger partial charge in [-0.2, -0.15) is 0 Å². The van der Waals surface area contributed by atoms with Gasteiger partial charge >= 0.3 is 0 Å². The van der Waals surface area contributed by atoms with Crippen LogP contribution in [0.1, 0.15) is 18.5 Å². The molecule has 8 heteroatoms. The molecule has 2 aromatic heterocycles. The van der Waals surface area contributed by atoms with E-state index in [4.69, 9.17) is 11.6 Å². The maximum Gasteiger partial charge on any atom is 0.230 e. The Bertz CT molecular complexity index is 900. The minimum Gasteiger partial charge on any atom is -0.349 e. The summed E-state index contributed by atoms with van der Waals surface area (Å²) in [6.45, 7) is 1.93. The standard InChI is InChI=1S/C18H18ClN5OS/c1-12(14-4-3-5-15(19)10-14)21-16(25)11-26-18-23-22-17(24(18)2)13-6-8-20-9-7-13/h3-10,12H,11H2,1-2H3,(H,21,25). The van der Waals surface area contributed by atoms with Gasteiger partial charge in [-0.05, 0) is 36.8 Å². The summed E-state index contributed by atoms with van der Waals surface area (Å²) in [6.07, 6.45) is 3.42. The molecule has 0 spiro atoms. The van der Waals surface area contributed by atoms with Crippen LogP contribution in [0.15, 0.2) is 53.9 Å². The number of amides is 1. The normalized spacial score (nSPS) is 12.0. The Balaban J connectivity index is 1.59. The largest absolute Gasteiger partial charge is 0.349 e. The molecular weight excluding hydrogens is 370 g/mol. The van der Waals surface area contributed by atoms with Gasteiger partial charge in [0.05, 0.1) is 11.8 Å². The van der Waals surface area contributed by atoms with Crippen LogP contribution in [0.3, 0.4) is 0 Å². The molecule has 1 aromatic carbocycles. The van der Waals surface area contributed by atoms with Crippen molar-refractivity contribution in [1.29, 1.82) is 0 Å². The third-order valence-electron chi connectivity index (χ3n) is 3.83. The second kappa shape index (κ2) is 8.33. The lowest BCUT2D eigenvalue weighted by molar-refractivity contribution is -0.119. The molecule has 1 amide bonds. The summed E-state index contributed by atoms with van der Waals surface area (Å²) in [5.74, 6) is 0.922. The Kier molecular flexibility index (Phi) is 5.90. The lowest BCUT2D eigenvalue weighted by atomic mass is 10.1. The van der Waals surface area contributed by atoms with Crippen molar-refractivity contribution in [2.75, 3.05) is 5.75 Å². The first-order valence-corrected chi connectivity index (χ1v) is 9.38. The van der Waals surface area contributed by atoms with Crippen molar-refractivity contribution in [2.24, 2.45) is 7.05 Å². The van der Waals surface area contributed by atoms with Crippen molar-refractivity contribution >= 4 is 29.3 Å². The molecular formula is C18H18ClN5OS. The molecule has 26 heavy (non-hydrogen) atoms. The first-order valence-electron chi connectivity index (χ1n) is 8.02. The van der Waals surface area contributed by atoms with Crippen LogP contribution in [-0.4, -0.2) is 31.4 Å². The minimum absolute atomic E-state index is 0.0732. The van der Waals surface area contributed by atoms with Crippen LogP contribution in [0.2, 0.25) is 5.02 Å². The first-order chi connectivity index (χ1) is 12.5. The molecule has 134 valence electrons. The topological polar surface area (TPSA) is 72.7 Å². The third-order valence-corrected chi connectivity index (χ3v) is 5.09. The van der Waals surface area contributed by atoms with Gasteiger partial charge in [0.15, 0.2) is 11.0 Å². The van der Waals surface area contributed by atoms with E-state index in [1.54, 1.807) is 12.4 Å². The fourth-order valence-electron chi connectivity index (χ4n) is 2.47. The second-order valence-corrected chi connectivity index (χ2v) is 7.11. The number of carbonyl (C=O) groups excluding carboxylic acids is 1. The van der Waals surface area contributed by atoms with Gasteiger partial charge in [-0.15, -0.1) is 10.2 Å². The summed E-state index contributed by atoms with van der Waals surface area (Å²) in [5, 5.41) is 12.7. The van der Waals surface area contributed by atoms with E-state index in [9.17, 15) is 4.79 Å². The Morgan fingerprint density at radius 1 is 1.27 bits per heavy atom. The van der Waals surface area contributed by atoms with E-state index in [2.05, 4.69) is 20.5 Å². The maximum atomic E-state index is 12.2. The van der Waals surface area contributed by atoms with E-state index < -0.39 is 0 Å². The fourth-order valence-corrected chi connectivity index (χ4v) is 3.39. The number of halogens is 1. The van der Waals surface area contributed by atoms with Gasteiger partial charge < -0.3 is 9.88 Å². The Labute approximate surface area is 161 Å². The van der Waals surface area contributed by atoms with Crippen LogP contribution in [0.25, 0.3) is 11.4 Å². The quantitative estimate of drug-likeness (QED) is 0.655. The number of aromatic nitrogens is 4. The minimum atomic E-state index is -0.117. The molecule has 0 saturated carbocycles. The molecule has 0 bridgehead atoms. The number of nitrogens with zero attached hydrogens (tertiary/aromatic N) is 4. The monoisotopic (exact) mass is 387 g/mol. The number of pyridine rings is 1. The van der Waals surface area contributed by atoms with E-state index in [1.165, 1.54) is 11.8 Å². The van der Waals surface area contributed by atoms with E-state index >= 15 is 0 Å². The van der Waals surface area contributed by atoms with Gasteiger partial charge in [0.1, 0.15) is 0 Å². The maximum absolute atomic E-state index is 12.2. The van der Waals surface area contributed by atoms with E-state index in [1.807, 2.05) is 54.9 Å². The number of carbonyl (C=O) groups is 1. The van der Waals surface area contributed by atoms with E-state index in [0.29, 0.717) is 10.2 Å². The summed E-state index contributed by atoms with van der Waals surface area (Å²) in [6, 6.07) is 11.1. The predicted octanol–water partition coefficient (Wildman–Crippen LogP) is 3.50. The molecule has 0 aliphatic rings. The van der Waals surface area contributed by atoms with Crippen molar-refractivity contribution in [3.05, 3.63) is 59.4 Å². The van der Waals surface area contributed by atoms with Gasteiger partial charge in [0.25, 0.3) is 0 Å². The van der Waals surface area contributed by atoms with Crippen molar-refractivity contribution in [3.63, 3.8) is 0 Å². The number of thioether (sulfide) groups is 1. The molecule has 0 aliphatic heterocycles. The fraction of sp³-hybridized carbons (Fsp3) is 0.222. The van der Waals surface area contributed by atoms with Gasteiger partial charge in [-0.25, -0.2) is 0 Å². The molecule has 1 atom stereocenters. The van der Waals surface area contributed by atoms with Crippen molar-refractivity contribution in [3.8, 4) is 11.4 Å². The molecule has 1 unspecified atom stereocenters. The molecule has 6 nitrogen and oxygen atoms in total. The third kappa shape index (κ3) is 4.42. The number of rotatable bonds is 6. The second-order valence-electron chi connectivity index (χ2n) is 5.73. The Hall–Kier alpha value is -2.38. The number of benzene rings is 1. The van der Waals surface area contributed by atoms with Gasteiger partial charge in [-0.1, -0.05) is 35.5 Å². The average molecular weight is 388 g/mol. The lowest BCUT2D eigenvalue weighted by Gasteiger charge is -2.14. The van der Waals surface area contributed by atoms with Crippen molar-refractivity contribution in [2.45, 2.75) is 18.1 Å². The SMILES string of the molecule is CC(NC(=O)CSc1nnc(-c2ccncc2)n1C)c1cccc(Cl)c1. The highest BCUT2D eigenvalue weighted by Crippen LogP contribution is 2.22. The molecule has 0 saturated heterocycles. The van der Waals surface area contributed by atoms with Crippen molar-refractivity contribution < 1.29 is 4.79 Å². The number of hydrogen-bond acceptors (Lipinski definition) is 5. The van der Waals surface area contributed by atoms with Crippen LogP contribution in [-0.2, 0) is 11.8 Å². The summed E-state index contributed by atoms with van der Waals surface area (Å²) >= 11 is 7.34. The average Bonchev–Trinajstić information content (AvgIpc) is 3.01. The van der Waals surface area contributed by atoms with E-state index in [-0.39, 0.29) is 17.7 Å². The van der Waals surface area contributed by atoms with Gasteiger partial charge in [-0.3, -0.25) is 9.78 Å². The molecule has 0 fully saturated rings. The first kappa shape index (κ1) is 18.4. The smallest absolute Gasteiger partial charge is 0.230 e. The van der Waals surface area contributed by atoms with Crippen molar-refractivity contribution in [1.82, 2.24) is 25.1 Å². The summed E-state index contributed by atoms with van der Waals surface area (Å²) in [7, 11) is 1.88. The van der Waals surface area contributed by atoms with Crippen LogP contribution in [0, 0.1) is 0 Å². The molecule has 0 radical (unpaired) electrons. The van der Waals surface area contributed by atoms with Crippen LogP contribution < -0.4 is 5.32 Å². The molecule has 1 N–H and O–H groups in total. The summed E-state index contributed by atoms with van der Waals surface area (Å²) in [4.78, 5) is 16.2. The Morgan fingerprint density at radius 3 is 2.77 bits per heavy atom. The highest BCUT2D eigenvalue weighted by atomic mass is 35.5. The predicted molar refractivity (Wildman–Crippen MR) is 103 cm³/mol. The Morgan fingerprint density at radius 2 is 2.04 bits per heavy atom. The van der Waals surface area contributed by atoms with E-state index in [0.717, 1.165) is 17.0 Å². The molecule has 2 heterocycles. The van der Waals surface area contributed by atoms with Crippen LogP contribution >= 0.6 is 23.4 Å². The van der Waals surface area contributed by atoms with Gasteiger partial charge in [0, 0.05) is 30.0 Å². The number of hydrogen-bond donors (Lipinski definition) is 1. The summed E-state index contributed by atoms with van der Waals surface area (Å²) in [5.41, 5.74) is 1.90. The lowest BCUT2D eigenvalue weighted by Crippen LogP contribution is -2.28. The molecule has 3 rings (SSSR count).